The molecule has 0 N–H and O–H groups in total. The van der Waals surface area contributed by atoms with Crippen LogP contribution in [0.2, 0.25) is 0 Å². The monoisotopic (exact) mass is 737 g/mol. The fourth-order valence-electron chi connectivity index (χ4n) is 3.03. The summed E-state index contributed by atoms with van der Waals surface area (Å²) < 4.78 is 14.4. The Kier molecular flexibility index (Phi) is 9.27. The van der Waals surface area contributed by atoms with Crippen LogP contribution >= 0.6 is 61.1 Å². The number of carbonyl (C=O) groups excluding carboxylic acids is 1. The molecule has 0 aliphatic heterocycles. The highest BCUT2D eigenvalue weighted by atomic mass is 127. The number of aromatic nitrogens is 2. The Balaban J connectivity index is 1.99. The summed E-state index contributed by atoms with van der Waals surface area (Å²) in [6, 6.07) is 9.23. The van der Waals surface area contributed by atoms with Crippen LogP contribution in [0.15, 0.2) is 44.7 Å². The predicted molar refractivity (Wildman–Crippen MR) is 149 cm³/mol. The van der Waals surface area contributed by atoms with E-state index in [1.54, 1.807) is 19.2 Å². The molecule has 0 bridgehead atoms. The molecule has 1 aromatic heterocycles. The van der Waals surface area contributed by atoms with Gasteiger partial charge in [0.1, 0.15) is 11.6 Å². The second-order valence-electron chi connectivity index (χ2n) is 7.21. The quantitative estimate of drug-likeness (QED) is 0.168. The van der Waals surface area contributed by atoms with Gasteiger partial charge < -0.3 is 9.47 Å². The Labute approximate surface area is 227 Å². The minimum Gasteiger partial charge on any atom is -0.480 e. The normalized spacial score (nSPS) is 12.3. The van der Waals surface area contributed by atoms with Crippen LogP contribution in [0.25, 0.3) is 10.9 Å². The Morgan fingerprint density at radius 1 is 1.24 bits per heavy atom. The number of nitrogens with zero attached hydrogens (tertiary/aromatic N) is 3. The van der Waals surface area contributed by atoms with Gasteiger partial charge in [0, 0.05) is 10.4 Å². The third kappa shape index (κ3) is 6.32. The number of rotatable bonds is 8. The number of benzene rings is 2. The van der Waals surface area contributed by atoms with Crippen LogP contribution in [0.5, 0.6) is 5.75 Å². The van der Waals surface area contributed by atoms with E-state index in [0.717, 1.165) is 23.6 Å². The van der Waals surface area contributed by atoms with Gasteiger partial charge in [-0.05, 0) is 94.4 Å². The van der Waals surface area contributed by atoms with Crippen molar-refractivity contribution >= 4 is 84.2 Å². The number of esters is 1. The third-order valence-corrected chi connectivity index (χ3v) is 6.96. The van der Waals surface area contributed by atoms with Gasteiger partial charge in [-0.3, -0.25) is 4.79 Å². The van der Waals surface area contributed by atoms with Crippen LogP contribution < -0.4 is 10.3 Å². The Morgan fingerprint density at radius 3 is 2.58 bits per heavy atom. The van der Waals surface area contributed by atoms with E-state index in [1.165, 1.54) is 4.68 Å². The zero-order valence-corrected chi connectivity index (χ0v) is 24.2. The van der Waals surface area contributed by atoms with Gasteiger partial charge in [0.05, 0.1) is 30.9 Å². The largest absolute Gasteiger partial charge is 0.480 e. The van der Waals surface area contributed by atoms with Crippen molar-refractivity contribution in [1.29, 1.82) is 0 Å². The van der Waals surface area contributed by atoms with E-state index in [0.29, 0.717) is 29.1 Å². The molecule has 7 nitrogen and oxygen atoms in total. The van der Waals surface area contributed by atoms with Crippen LogP contribution in [0, 0.1) is 7.14 Å². The first kappa shape index (κ1) is 26.1. The summed E-state index contributed by atoms with van der Waals surface area (Å²) in [6.07, 6.45) is 2.46. The molecule has 1 atom stereocenters. The van der Waals surface area contributed by atoms with Crippen molar-refractivity contribution in [2.75, 3.05) is 13.2 Å². The average molecular weight is 738 g/mol. The van der Waals surface area contributed by atoms with E-state index >= 15 is 0 Å². The highest BCUT2D eigenvalue weighted by molar-refractivity contribution is 14.1. The molecule has 0 aliphatic carbocycles. The van der Waals surface area contributed by atoms with E-state index in [9.17, 15) is 9.59 Å². The van der Waals surface area contributed by atoms with Gasteiger partial charge in [0.25, 0.3) is 5.56 Å². The molecule has 0 saturated heterocycles. The molecule has 0 amide bonds. The van der Waals surface area contributed by atoms with Crippen molar-refractivity contribution in [1.82, 2.24) is 9.66 Å². The first-order valence-electron chi connectivity index (χ1n) is 10.3. The van der Waals surface area contributed by atoms with Crippen molar-refractivity contribution in [3.63, 3.8) is 0 Å². The summed E-state index contributed by atoms with van der Waals surface area (Å²) >= 11 is 7.72. The minimum absolute atomic E-state index is 0.0572. The molecule has 0 radical (unpaired) electrons. The maximum Gasteiger partial charge on any atom is 0.344 e. The highest BCUT2D eigenvalue weighted by Crippen LogP contribution is 2.29. The molecule has 3 aromatic rings. The average Bonchev–Trinajstić information content (AvgIpc) is 2.77. The van der Waals surface area contributed by atoms with Gasteiger partial charge >= 0.3 is 5.97 Å². The smallest absolute Gasteiger partial charge is 0.344 e. The van der Waals surface area contributed by atoms with Gasteiger partial charge in [0.15, 0.2) is 6.61 Å². The topological polar surface area (TPSA) is 82.8 Å². The molecular weight excluding hydrogens is 716 g/mol. The van der Waals surface area contributed by atoms with Crippen LogP contribution in [0.4, 0.5) is 0 Å². The molecule has 0 spiro atoms. The Hall–Kier alpha value is -1.54. The maximum atomic E-state index is 13.3. The lowest BCUT2D eigenvalue weighted by molar-refractivity contribution is -0.145. The first-order chi connectivity index (χ1) is 15.7. The summed E-state index contributed by atoms with van der Waals surface area (Å²) in [5, 5.41) is 5.02. The van der Waals surface area contributed by atoms with E-state index in [4.69, 9.17) is 14.5 Å². The van der Waals surface area contributed by atoms with Gasteiger partial charge in [-0.15, -0.1) is 0 Å². The molecule has 174 valence electrons. The molecule has 33 heavy (non-hydrogen) atoms. The second kappa shape index (κ2) is 11.7. The molecule has 2 aromatic carbocycles. The molecule has 1 heterocycles. The van der Waals surface area contributed by atoms with E-state index in [2.05, 4.69) is 73.1 Å². The lowest BCUT2D eigenvalue weighted by Crippen LogP contribution is -2.23. The molecule has 0 saturated carbocycles. The van der Waals surface area contributed by atoms with Crippen molar-refractivity contribution < 1.29 is 14.3 Å². The number of carbonyl (C=O) groups is 1. The SMILES string of the molecule is CCOC(=O)COc1c(I)cc(C=Nn2c([C@H](C)CC)nc3ccc(Br)cc3c2=O)cc1I. The molecule has 0 unspecified atom stereocenters. The van der Waals surface area contributed by atoms with E-state index in [1.807, 2.05) is 31.2 Å². The van der Waals surface area contributed by atoms with Crippen LogP contribution in [-0.2, 0) is 9.53 Å². The first-order valence-corrected chi connectivity index (χ1v) is 13.2. The zero-order chi connectivity index (χ0) is 24.1. The minimum atomic E-state index is -0.415. The van der Waals surface area contributed by atoms with E-state index in [-0.39, 0.29) is 18.1 Å². The highest BCUT2D eigenvalue weighted by Gasteiger charge is 2.16. The fourth-order valence-corrected chi connectivity index (χ4v) is 5.52. The lowest BCUT2D eigenvalue weighted by atomic mass is 10.1. The standard InChI is InChI=1S/C23H22BrI2N3O4/c1-4-13(3)22-28-19-7-6-15(24)10-16(19)23(31)29(22)27-11-14-8-17(25)21(18(26)9-14)33-12-20(30)32-5-2/h6-11,13H,4-5,12H2,1-3H3/t13-/m1/s1. The van der Waals surface area contributed by atoms with Gasteiger partial charge in [-0.2, -0.15) is 9.78 Å². The zero-order valence-electron chi connectivity index (χ0n) is 18.3. The number of hydrogen-bond donors (Lipinski definition) is 0. The number of fused-ring (bicyclic) bond motifs is 1. The van der Waals surface area contributed by atoms with Crippen LogP contribution in [0.3, 0.4) is 0 Å². The van der Waals surface area contributed by atoms with E-state index < -0.39 is 5.97 Å². The number of hydrogen-bond acceptors (Lipinski definition) is 6. The third-order valence-electron chi connectivity index (χ3n) is 4.87. The summed E-state index contributed by atoms with van der Waals surface area (Å²) in [5.41, 5.74) is 1.23. The summed E-state index contributed by atoms with van der Waals surface area (Å²) in [4.78, 5) is 29.6. The second-order valence-corrected chi connectivity index (χ2v) is 10.4. The summed E-state index contributed by atoms with van der Waals surface area (Å²) in [5.74, 6) is 0.868. The number of halogens is 3. The molecule has 0 fully saturated rings. The predicted octanol–water partition coefficient (Wildman–Crippen LogP) is 5.71. The van der Waals surface area contributed by atoms with Crippen molar-refractivity contribution in [2.45, 2.75) is 33.1 Å². The maximum absolute atomic E-state index is 13.3. The van der Waals surface area contributed by atoms with Crippen LogP contribution in [-0.4, -0.2) is 35.1 Å². The molecule has 10 heteroatoms. The number of ether oxygens (including phenoxy) is 2. The van der Waals surface area contributed by atoms with Crippen molar-refractivity contribution in [3.8, 4) is 5.75 Å². The van der Waals surface area contributed by atoms with Gasteiger partial charge in [0.2, 0.25) is 0 Å². The summed E-state index contributed by atoms with van der Waals surface area (Å²) in [6.45, 7) is 5.99. The molecular formula is C23H22BrI2N3O4. The molecule has 3 rings (SSSR count). The lowest BCUT2D eigenvalue weighted by Gasteiger charge is -2.14. The Morgan fingerprint density at radius 2 is 1.94 bits per heavy atom. The fraction of sp³-hybridized carbons (Fsp3) is 0.304. The summed E-state index contributed by atoms with van der Waals surface area (Å²) in [7, 11) is 0. The van der Waals surface area contributed by atoms with Crippen molar-refractivity contribution in [2.24, 2.45) is 5.10 Å². The van der Waals surface area contributed by atoms with Crippen molar-refractivity contribution in [3.05, 3.63) is 63.7 Å². The van der Waals surface area contributed by atoms with Crippen LogP contribution in [0.1, 0.15) is 44.5 Å². The Bertz CT molecular complexity index is 1250. The van der Waals surface area contributed by atoms with Gasteiger partial charge in [-0.25, -0.2) is 9.78 Å². The molecule has 0 aliphatic rings. The van der Waals surface area contributed by atoms with Gasteiger partial charge in [-0.1, -0.05) is 29.8 Å².